The van der Waals surface area contributed by atoms with Gasteiger partial charge in [-0.25, -0.2) is 4.99 Å². The van der Waals surface area contributed by atoms with Crippen molar-refractivity contribution >= 4 is 6.02 Å². The van der Waals surface area contributed by atoms with Crippen LogP contribution in [0.25, 0.3) is 11.1 Å². The molecule has 1 spiro atoms. The minimum atomic E-state index is -0.600. The summed E-state index contributed by atoms with van der Waals surface area (Å²) in [5, 5.41) is 9.24. The van der Waals surface area contributed by atoms with Crippen molar-refractivity contribution < 1.29 is 14.2 Å². The van der Waals surface area contributed by atoms with E-state index in [1.807, 2.05) is 18.2 Å². The van der Waals surface area contributed by atoms with E-state index in [4.69, 9.17) is 24.9 Å². The maximum Gasteiger partial charge on any atom is 0.283 e. The number of aliphatic imine (C=N–C) groups is 1. The second kappa shape index (κ2) is 7.54. The number of pyridine rings is 1. The van der Waals surface area contributed by atoms with E-state index in [9.17, 15) is 5.26 Å². The van der Waals surface area contributed by atoms with Gasteiger partial charge in [0.1, 0.15) is 30.1 Å². The van der Waals surface area contributed by atoms with Crippen molar-refractivity contribution in [1.82, 2.24) is 4.98 Å². The summed E-state index contributed by atoms with van der Waals surface area (Å²) >= 11 is 0. The average molecular weight is 418 g/mol. The van der Waals surface area contributed by atoms with Crippen molar-refractivity contribution in [2.24, 2.45) is 16.6 Å². The molecule has 0 amide bonds. The molecule has 4 atom stereocenters. The van der Waals surface area contributed by atoms with Crippen molar-refractivity contribution in [3.63, 3.8) is 0 Å². The third kappa shape index (κ3) is 3.41. The molecule has 1 fully saturated rings. The van der Waals surface area contributed by atoms with E-state index in [0.717, 1.165) is 41.7 Å². The molecular formula is C24H26N4O3. The number of hydrogen-bond donors (Lipinski definition) is 1. The van der Waals surface area contributed by atoms with Crippen molar-refractivity contribution in [2.45, 2.75) is 57.0 Å². The molecular weight excluding hydrogens is 392 g/mol. The number of aromatic nitrogens is 1. The van der Waals surface area contributed by atoms with Crippen molar-refractivity contribution in [3.8, 4) is 22.9 Å². The molecule has 0 radical (unpaired) electrons. The van der Waals surface area contributed by atoms with E-state index in [2.05, 4.69) is 31.0 Å². The second-order valence-corrected chi connectivity index (χ2v) is 8.83. The molecule has 2 aromatic rings. The Bertz CT molecular complexity index is 1080. The van der Waals surface area contributed by atoms with Gasteiger partial charge >= 0.3 is 0 Å². The number of fused-ring (bicyclic) bond motifs is 4. The monoisotopic (exact) mass is 418 g/mol. The molecule has 1 aliphatic carbocycles. The van der Waals surface area contributed by atoms with Crippen molar-refractivity contribution in [3.05, 3.63) is 47.8 Å². The van der Waals surface area contributed by atoms with Gasteiger partial charge in [-0.3, -0.25) is 4.98 Å². The second-order valence-electron chi connectivity index (χ2n) is 8.83. The Hall–Kier alpha value is -3.11. The number of hydrogen-bond acceptors (Lipinski definition) is 7. The molecule has 1 saturated carbocycles. The molecule has 5 rings (SSSR count). The molecule has 1 aromatic heterocycles. The van der Waals surface area contributed by atoms with Gasteiger partial charge in [0.05, 0.1) is 17.8 Å². The normalized spacial score (nSPS) is 28.8. The third-order valence-corrected chi connectivity index (χ3v) is 6.49. The molecule has 2 aliphatic heterocycles. The molecule has 160 valence electrons. The van der Waals surface area contributed by atoms with E-state index >= 15 is 0 Å². The SMILES string of the molecule is CC(C)O[C@@H]1CC[C@@H]2Oc3ccc(-c4cncc(C#N)c4)cc3[C@@]3(COC(N)=N3)[C@H]2C1. The Labute approximate surface area is 181 Å². The van der Waals surface area contributed by atoms with Gasteiger partial charge in [-0.05, 0) is 56.9 Å². The van der Waals surface area contributed by atoms with Gasteiger partial charge in [0.2, 0.25) is 0 Å². The Balaban J connectivity index is 1.59. The van der Waals surface area contributed by atoms with Gasteiger partial charge in [0, 0.05) is 29.4 Å². The fourth-order valence-electron chi connectivity index (χ4n) is 5.20. The number of nitrogens with zero attached hydrogens (tertiary/aromatic N) is 3. The fraction of sp³-hybridized carbons (Fsp3) is 0.458. The number of amidine groups is 1. The summed E-state index contributed by atoms with van der Waals surface area (Å²) in [4.78, 5) is 9.06. The van der Waals surface area contributed by atoms with Crippen LogP contribution in [0.1, 0.15) is 44.2 Å². The molecule has 7 heteroatoms. The highest BCUT2D eigenvalue weighted by Gasteiger charge is 2.55. The lowest BCUT2D eigenvalue weighted by Crippen LogP contribution is -2.52. The maximum absolute atomic E-state index is 9.24. The first-order chi connectivity index (χ1) is 15.0. The zero-order chi connectivity index (χ0) is 21.6. The first kappa shape index (κ1) is 19.8. The Morgan fingerprint density at radius 3 is 2.84 bits per heavy atom. The van der Waals surface area contributed by atoms with Crippen molar-refractivity contribution in [1.29, 1.82) is 5.26 Å². The smallest absolute Gasteiger partial charge is 0.283 e. The summed E-state index contributed by atoms with van der Waals surface area (Å²) in [6, 6.07) is 10.3. The highest BCUT2D eigenvalue weighted by Crippen LogP contribution is 2.53. The van der Waals surface area contributed by atoms with Crippen LogP contribution in [0.2, 0.25) is 0 Å². The van der Waals surface area contributed by atoms with Crippen LogP contribution in [0.15, 0.2) is 41.7 Å². The van der Waals surface area contributed by atoms with Gasteiger partial charge in [0.25, 0.3) is 6.02 Å². The molecule has 0 unspecified atom stereocenters. The van der Waals surface area contributed by atoms with Gasteiger partial charge in [0.15, 0.2) is 0 Å². The predicted octanol–water partition coefficient (Wildman–Crippen LogP) is 3.52. The standard InChI is InChI=1S/C24H26N4O3/c1-14(2)30-18-4-6-22-20(9-18)24(13-29-23(26)28-24)19-8-16(3-5-21(19)31-22)17-7-15(10-25)11-27-12-17/h3,5,7-8,11-12,14,18,20,22H,4,6,9,13H2,1-2H3,(H2,26,28)/t18-,20+,22+,24+/m1/s1. The fourth-order valence-corrected chi connectivity index (χ4v) is 5.20. The van der Waals surface area contributed by atoms with E-state index in [1.165, 1.54) is 0 Å². The number of benzene rings is 1. The zero-order valence-electron chi connectivity index (χ0n) is 17.7. The van der Waals surface area contributed by atoms with Crippen LogP contribution in [-0.2, 0) is 15.0 Å². The summed E-state index contributed by atoms with van der Waals surface area (Å²) in [5.41, 5.74) is 8.75. The van der Waals surface area contributed by atoms with Gasteiger partial charge in [-0.1, -0.05) is 6.07 Å². The molecule has 2 N–H and O–H groups in total. The summed E-state index contributed by atoms with van der Waals surface area (Å²) in [5.74, 6) is 0.928. The van der Waals surface area contributed by atoms with E-state index in [1.54, 1.807) is 12.4 Å². The first-order valence-electron chi connectivity index (χ1n) is 10.8. The summed E-state index contributed by atoms with van der Waals surface area (Å²) in [6.45, 7) is 4.53. The third-order valence-electron chi connectivity index (χ3n) is 6.49. The predicted molar refractivity (Wildman–Crippen MR) is 115 cm³/mol. The average Bonchev–Trinajstić information content (AvgIpc) is 3.16. The summed E-state index contributed by atoms with van der Waals surface area (Å²) < 4.78 is 18.3. The van der Waals surface area contributed by atoms with Crippen LogP contribution in [0.3, 0.4) is 0 Å². The van der Waals surface area contributed by atoms with Crippen LogP contribution in [-0.4, -0.2) is 35.9 Å². The Morgan fingerprint density at radius 2 is 2.10 bits per heavy atom. The first-order valence-corrected chi connectivity index (χ1v) is 10.8. The van der Waals surface area contributed by atoms with Gasteiger partial charge in [-0.15, -0.1) is 0 Å². The van der Waals surface area contributed by atoms with Crippen LogP contribution in [0.5, 0.6) is 5.75 Å². The lowest BCUT2D eigenvalue weighted by Gasteiger charge is -2.48. The summed E-state index contributed by atoms with van der Waals surface area (Å²) in [7, 11) is 0. The number of nitriles is 1. The largest absolute Gasteiger partial charge is 0.490 e. The molecule has 31 heavy (non-hydrogen) atoms. The quantitative estimate of drug-likeness (QED) is 0.818. The minimum absolute atomic E-state index is 0.0483. The minimum Gasteiger partial charge on any atom is -0.490 e. The van der Waals surface area contributed by atoms with Crippen LogP contribution >= 0.6 is 0 Å². The highest BCUT2D eigenvalue weighted by atomic mass is 16.5. The Kier molecular flexibility index (Phi) is 4.82. The molecule has 3 heterocycles. The van der Waals surface area contributed by atoms with Crippen LogP contribution in [0, 0.1) is 17.2 Å². The number of rotatable bonds is 3. The molecule has 0 bridgehead atoms. The zero-order valence-corrected chi connectivity index (χ0v) is 17.7. The van der Waals surface area contributed by atoms with Crippen LogP contribution in [0.4, 0.5) is 0 Å². The molecule has 3 aliphatic rings. The molecule has 7 nitrogen and oxygen atoms in total. The van der Waals surface area contributed by atoms with Gasteiger partial charge in [-0.2, -0.15) is 5.26 Å². The van der Waals surface area contributed by atoms with E-state index < -0.39 is 5.54 Å². The Morgan fingerprint density at radius 1 is 1.23 bits per heavy atom. The lowest BCUT2D eigenvalue weighted by atomic mass is 9.67. The summed E-state index contributed by atoms with van der Waals surface area (Å²) in [6.07, 6.45) is 6.44. The maximum atomic E-state index is 9.24. The topological polar surface area (TPSA) is 103 Å². The van der Waals surface area contributed by atoms with E-state index in [-0.39, 0.29) is 30.3 Å². The van der Waals surface area contributed by atoms with Crippen LogP contribution < -0.4 is 10.5 Å². The van der Waals surface area contributed by atoms with Crippen molar-refractivity contribution in [2.75, 3.05) is 6.61 Å². The molecule has 1 aromatic carbocycles. The number of ether oxygens (including phenoxy) is 3. The lowest BCUT2D eigenvalue weighted by molar-refractivity contribution is -0.0791. The molecule has 0 saturated heterocycles. The van der Waals surface area contributed by atoms with E-state index in [0.29, 0.717) is 12.2 Å². The van der Waals surface area contributed by atoms with Gasteiger partial charge < -0.3 is 19.9 Å². The number of nitrogens with two attached hydrogens (primary N) is 1. The highest BCUT2D eigenvalue weighted by molar-refractivity contribution is 5.75.